The Morgan fingerprint density at radius 2 is 2.16 bits per heavy atom. The third kappa shape index (κ3) is 2.58. The molecule has 0 aliphatic carbocycles. The molecule has 3 rings (SSSR count). The van der Waals surface area contributed by atoms with E-state index >= 15 is 0 Å². The number of hydrogen-bond acceptors (Lipinski definition) is 6. The first-order valence-electron chi connectivity index (χ1n) is 6.01. The molecule has 0 unspecified atom stereocenters. The van der Waals surface area contributed by atoms with Gasteiger partial charge in [-0.25, -0.2) is 0 Å². The molecule has 2 heterocycles. The van der Waals surface area contributed by atoms with Gasteiger partial charge in [-0.2, -0.15) is 10.1 Å². The van der Waals surface area contributed by atoms with E-state index in [9.17, 15) is 0 Å². The first kappa shape index (κ1) is 12.1. The average molecular weight is 272 g/mol. The molecule has 0 radical (unpaired) electrons. The van der Waals surface area contributed by atoms with Crippen LogP contribution in [-0.4, -0.2) is 20.3 Å². The molecule has 0 saturated carbocycles. The topological polar surface area (TPSA) is 64.7 Å². The summed E-state index contributed by atoms with van der Waals surface area (Å²) in [6, 6.07) is 8.05. The lowest BCUT2D eigenvalue weighted by atomic mass is 10.2. The van der Waals surface area contributed by atoms with E-state index in [4.69, 9.17) is 4.52 Å². The zero-order chi connectivity index (χ0) is 13.1. The fraction of sp³-hybridized carbons (Fsp3) is 0.231. The smallest absolute Gasteiger partial charge is 0.237 e. The highest BCUT2D eigenvalue weighted by atomic mass is 32.2. The molecule has 96 valence electrons. The first-order chi connectivity index (χ1) is 9.36. The SMILES string of the molecule is CCc1noc(CSc2nncc3ccccc23)n1. The van der Waals surface area contributed by atoms with Crippen molar-refractivity contribution in [3.05, 3.63) is 42.2 Å². The molecule has 0 amide bonds. The summed E-state index contributed by atoms with van der Waals surface area (Å²) in [6.07, 6.45) is 2.55. The molecule has 0 fully saturated rings. The number of thioether (sulfide) groups is 1. The van der Waals surface area contributed by atoms with Crippen LogP contribution in [0.15, 0.2) is 40.0 Å². The Labute approximate surface area is 114 Å². The molecule has 0 aliphatic rings. The number of aryl methyl sites for hydroxylation is 1. The van der Waals surface area contributed by atoms with Gasteiger partial charge in [-0.1, -0.05) is 48.1 Å². The molecule has 0 atom stereocenters. The van der Waals surface area contributed by atoms with E-state index < -0.39 is 0 Å². The maximum absolute atomic E-state index is 5.16. The lowest BCUT2D eigenvalue weighted by molar-refractivity contribution is 0.385. The van der Waals surface area contributed by atoms with Crippen molar-refractivity contribution in [2.45, 2.75) is 24.1 Å². The summed E-state index contributed by atoms with van der Waals surface area (Å²) in [6.45, 7) is 2.00. The van der Waals surface area contributed by atoms with Gasteiger partial charge in [0, 0.05) is 17.2 Å². The first-order valence-corrected chi connectivity index (χ1v) is 7.00. The predicted molar refractivity (Wildman–Crippen MR) is 72.8 cm³/mol. The van der Waals surface area contributed by atoms with Crippen LogP contribution in [-0.2, 0) is 12.2 Å². The number of fused-ring (bicyclic) bond motifs is 1. The van der Waals surface area contributed by atoms with Crippen LogP contribution in [0, 0.1) is 0 Å². The average Bonchev–Trinajstić information content (AvgIpc) is 2.93. The Balaban J connectivity index is 1.81. The fourth-order valence-electron chi connectivity index (χ4n) is 1.73. The quantitative estimate of drug-likeness (QED) is 0.680. The van der Waals surface area contributed by atoms with E-state index in [-0.39, 0.29) is 0 Å². The van der Waals surface area contributed by atoms with Crippen molar-refractivity contribution < 1.29 is 4.52 Å². The molecule has 0 spiro atoms. The molecular weight excluding hydrogens is 260 g/mol. The second kappa shape index (κ2) is 5.36. The van der Waals surface area contributed by atoms with Gasteiger partial charge in [0.15, 0.2) is 5.82 Å². The molecule has 5 nitrogen and oxygen atoms in total. The van der Waals surface area contributed by atoms with Crippen LogP contribution in [0.25, 0.3) is 10.8 Å². The van der Waals surface area contributed by atoms with Gasteiger partial charge in [-0.15, -0.1) is 5.10 Å². The van der Waals surface area contributed by atoms with E-state index in [1.165, 1.54) is 0 Å². The van der Waals surface area contributed by atoms with E-state index in [1.807, 2.05) is 31.2 Å². The van der Waals surface area contributed by atoms with Crippen LogP contribution in [0.2, 0.25) is 0 Å². The maximum atomic E-state index is 5.16. The van der Waals surface area contributed by atoms with Gasteiger partial charge in [-0.3, -0.25) is 0 Å². The van der Waals surface area contributed by atoms with Crippen molar-refractivity contribution in [1.82, 2.24) is 20.3 Å². The van der Waals surface area contributed by atoms with Crippen molar-refractivity contribution in [3.8, 4) is 0 Å². The Morgan fingerprint density at radius 1 is 1.26 bits per heavy atom. The summed E-state index contributed by atoms with van der Waals surface area (Å²) in [5.74, 6) is 1.96. The normalized spacial score (nSPS) is 11.0. The summed E-state index contributed by atoms with van der Waals surface area (Å²) < 4.78 is 5.16. The van der Waals surface area contributed by atoms with Gasteiger partial charge in [0.05, 0.1) is 11.9 Å². The molecule has 6 heteroatoms. The largest absolute Gasteiger partial charge is 0.338 e. The number of hydrogen-bond donors (Lipinski definition) is 0. The van der Waals surface area contributed by atoms with Gasteiger partial charge < -0.3 is 4.52 Å². The summed E-state index contributed by atoms with van der Waals surface area (Å²) in [5, 5.41) is 15.1. The van der Waals surface area contributed by atoms with Gasteiger partial charge in [0.1, 0.15) is 5.03 Å². The minimum atomic E-state index is 0.607. The third-order valence-corrected chi connectivity index (χ3v) is 3.66. The summed E-state index contributed by atoms with van der Waals surface area (Å²) in [4.78, 5) is 4.28. The van der Waals surface area contributed by atoms with Crippen LogP contribution >= 0.6 is 11.8 Å². The Bertz CT molecular complexity index is 692. The lowest BCUT2D eigenvalue weighted by Crippen LogP contribution is -1.89. The van der Waals surface area contributed by atoms with Crippen molar-refractivity contribution in [3.63, 3.8) is 0 Å². The van der Waals surface area contributed by atoms with Crippen LogP contribution in [0.1, 0.15) is 18.6 Å². The van der Waals surface area contributed by atoms with Crippen LogP contribution < -0.4 is 0 Å². The minimum Gasteiger partial charge on any atom is -0.338 e. The standard InChI is InChI=1S/C13H12N4OS/c1-2-11-15-12(18-17-11)8-19-13-10-6-4-3-5-9(10)7-14-16-13/h3-7H,2,8H2,1H3. The highest BCUT2D eigenvalue weighted by Crippen LogP contribution is 2.26. The van der Waals surface area contributed by atoms with E-state index in [2.05, 4.69) is 20.3 Å². The lowest BCUT2D eigenvalue weighted by Gasteiger charge is -2.01. The van der Waals surface area contributed by atoms with Gasteiger partial charge >= 0.3 is 0 Å². The van der Waals surface area contributed by atoms with Gasteiger partial charge in [-0.05, 0) is 0 Å². The highest BCUT2D eigenvalue weighted by molar-refractivity contribution is 7.98. The number of nitrogens with zero attached hydrogens (tertiary/aromatic N) is 4. The Morgan fingerprint density at radius 3 is 3.00 bits per heavy atom. The molecule has 0 aliphatic heterocycles. The molecule has 1 aromatic carbocycles. The van der Waals surface area contributed by atoms with E-state index in [0.717, 1.165) is 28.0 Å². The van der Waals surface area contributed by atoms with Crippen molar-refractivity contribution in [1.29, 1.82) is 0 Å². The second-order valence-electron chi connectivity index (χ2n) is 3.98. The van der Waals surface area contributed by atoms with Gasteiger partial charge in [0.25, 0.3) is 0 Å². The number of aromatic nitrogens is 4. The molecule has 0 saturated heterocycles. The number of rotatable bonds is 4. The summed E-state index contributed by atoms with van der Waals surface area (Å²) in [7, 11) is 0. The number of benzene rings is 1. The predicted octanol–water partition coefficient (Wildman–Crippen LogP) is 2.87. The van der Waals surface area contributed by atoms with E-state index in [0.29, 0.717) is 11.6 Å². The molecule has 0 N–H and O–H groups in total. The van der Waals surface area contributed by atoms with E-state index in [1.54, 1.807) is 18.0 Å². The van der Waals surface area contributed by atoms with Crippen molar-refractivity contribution in [2.75, 3.05) is 0 Å². The monoisotopic (exact) mass is 272 g/mol. The zero-order valence-corrected chi connectivity index (χ0v) is 11.2. The van der Waals surface area contributed by atoms with Crippen molar-refractivity contribution >= 4 is 22.5 Å². The van der Waals surface area contributed by atoms with Crippen LogP contribution in [0.3, 0.4) is 0 Å². The summed E-state index contributed by atoms with van der Waals surface area (Å²) >= 11 is 1.56. The zero-order valence-electron chi connectivity index (χ0n) is 10.4. The Hall–Kier alpha value is -1.95. The van der Waals surface area contributed by atoms with Crippen LogP contribution in [0.4, 0.5) is 0 Å². The van der Waals surface area contributed by atoms with Crippen molar-refractivity contribution in [2.24, 2.45) is 0 Å². The van der Waals surface area contributed by atoms with Crippen LogP contribution in [0.5, 0.6) is 0 Å². The molecular formula is C13H12N4OS. The molecule has 0 bridgehead atoms. The molecule has 19 heavy (non-hydrogen) atoms. The second-order valence-corrected chi connectivity index (χ2v) is 4.95. The van der Waals surface area contributed by atoms with Gasteiger partial charge in [0.2, 0.25) is 5.89 Å². The molecule has 2 aromatic heterocycles. The fourth-order valence-corrected chi connectivity index (χ4v) is 2.55. The minimum absolute atomic E-state index is 0.607. The highest BCUT2D eigenvalue weighted by Gasteiger charge is 2.08. The summed E-state index contributed by atoms with van der Waals surface area (Å²) in [5.41, 5.74) is 0. The maximum Gasteiger partial charge on any atom is 0.237 e. The Kier molecular flexibility index (Phi) is 3.41. The molecule has 3 aromatic rings. The third-order valence-electron chi connectivity index (χ3n) is 2.70.